The van der Waals surface area contributed by atoms with Crippen LogP contribution in [-0.4, -0.2) is 28.6 Å². The molecule has 0 atom stereocenters. The smallest absolute Gasteiger partial charge is 0.342 e. The van der Waals surface area contributed by atoms with Crippen molar-refractivity contribution in [1.29, 1.82) is 0 Å². The highest BCUT2D eigenvalue weighted by molar-refractivity contribution is 7.90. The third-order valence-electron chi connectivity index (χ3n) is 4.09. The number of rotatable bonds is 5. The Balaban J connectivity index is 1.98. The Morgan fingerprint density at radius 1 is 1.08 bits per heavy atom. The molecule has 0 amide bonds. The van der Waals surface area contributed by atoms with Crippen molar-refractivity contribution in [3.63, 3.8) is 0 Å². The van der Waals surface area contributed by atoms with Crippen LogP contribution in [0.15, 0.2) is 51.8 Å². The zero-order valence-corrected chi connectivity index (χ0v) is 15.4. The average molecular weight is 374 g/mol. The Morgan fingerprint density at radius 3 is 2.38 bits per heavy atom. The van der Waals surface area contributed by atoms with Gasteiger partial charge in [-0.1, -0.05) is 6.07 Å². The van der Waals surface area contributed by atoms with Gasteiger partial charge in [0.05, 0.1) is 24.9 Å². The number of sulfone groups is 1. The molecule has 3 aromatic rings. The predicted octanol–water partition coefficient (Wildman–Crippen LogP) is 3.51. The number of carbonyl (C=O) groups is 1. The molecule has 0 aliphatic rings. The van der Waals surface area contributed by atoms with Crippen molar-refractivity contribution in [3.8, 4) is 5.75 Å². The number of carbonyl (C=O) groups excluding carboxylic acids is 1. The summed E-state index contributed by atoms with van der Waals surface area (Å²) < 4.78 is 40.7. The van der Waals surface area contributed by atoms with E-state index in [9.17, 15) is 13.2 Å². The van der Waals surface area contributed by atoms with Gasteiger partial charge in [-0.15, -0.1) is 0 Å². The number of hydrogen-bond acceptors (Lipinski definition) is 6. The summed E-state index contributed by atoms with van der Waals surface area (Å²) in [4.78, 5) is 12.2. The molecule has 26 heavy (non-hydrogen) atoms. The third kappa shape index (κ3) is 3.30. The molecule has 136 valence electrons. The number of ether oxygens (including phenoxy) is 2. The summed E-state index contributed by atoms with van der Waals surface area (Å²) >= 11 is 0. The zero-order chi connectivity index (χ0) is 18.9. The Hall–Kier alpha value is -2.80. The molecule has 0 saturated heterocycles. The number of furan rings is 1. The molecule has 0 spiro atoms. The lowest BCUT2D eigenvalue weighted by Gasteiger charge is -2.06. The van der Waals surface area contributed by atoms with Gasteiger partial charge in [0, 0.05) is 5.39 Å². The summed E-state index contributed by atoms with van der Waals surface area (Å²) in [5, 5.41) is 0.539. The molecule has 0 unspecified atom stereocenters. The lowest BCUT2D eigenvalue weighted by atomic mass is 10.1. The molecule has 1 aromatic heterocycles. The first kappa shape index (κ1) is 18.0. The van der Waals surface area contributed by atoms with Crippen LogP contribution in [0.25, 0.3) is 11.0 Å². The van der Waals surface area contributed by atoms with E-state index in [1.54, 1.807) is 37.3 Å². The van der Waals surface area contributed by atoms with E-state index in [1.807, 2.05) is 0 Å². The Bertz CT molecular complexity index is 1060. The van der Waals surface area contributed by atoms with E-state index in [0.29, 0.717) is 33.6 Å². The van der Waals surface area contributed by atoms with Crippen LogP contribution in [0.3, 0.4) is 0 Å². The van der Waals surface area contributed by atoms with E-state index >= 15 is 0 Å². The highest BCUT2D eigenvalue weighted by Crippen LogP contribution is 2.28. The standard InChI is InChI=1S/C19H18O6S/c1-12-18(19(20)24-3)16-10-13(4-9-17(16)25-12)11-26(21,22)15-7-5-14(23-2)6-8-15/h4-10H,11H2,1-3H3. The molecule has 1 heterocycles. The lowest BCUT2D eigenvalue weighted by molar-refractivity contribution is 0.0600. The fraction of sp³-hybridized carbons (Fsp3) is 0.211. The lowest BCUT2D eigenvalue weighted by Crippen LogP contribution is -2.05. The van der Waals surface area contributed by atoms with E-state index in [2.05, 4.69) is 0 Å². The Labute approximate surface area is 151 Å². The predicted molar refractivity (Wildman–Crippen MR) is 96.2 cm³/mol. The summed E-state index contributed by atoms with van der Waals surface area (Å²) in [5.41, 5.74) is 1.37. The third-order valence-corrected chi connectivity index (χ3v) is 5.80. The first-order valence-electron chi connectivity index (χ1n) is 7.83. The van der Waals surface area contributed by atoms with Gasteiger partial charge >= 0.3 is 5.97 Å². The van der Waals surface area contributed by atoms with E-state index < -0.39 is 15.8 Å². The van der Waals surface area contributed by atoms with Crippen LogP contribution in [0.2, 0.25) is 0 Å². The van der Waals surface area contributed by atoms with E-state index in [-0.39, 0.29) is 10.6 Å². The summed E-state index contributed by atoms with van der Waals surface area (Å²) in [6.07, 6.45) is 0. The van der Waals surface area contributed by atoms with Crippen molar-refractivity contribution in [3.05, 3.63) is 59.4 Å². The maximum atomic E-state index is 12.7. The van der Waals surface area contributed by atoms with Gasteiger partial charge in [-0.2, -0.15) is 0 Å². The number of esters is 1. The van der Waals surface area contributed by atoms with Crippen LogP contribution in [0.5, 0.6) is 5.75 Å². The second-order valence-electron chi connectivity index (χ2n) is 5.79. The molecule has 3 rings (SSSR count). The summed E-state index contributed by atoms with van der Waals surface area (Å²) in [6, 6.07) is 11.2. The minimum absolute atomic E-state index is 0.194. The van der Waals surface area contributed by atoms with Gasteiger partial charge in [0.1, 0.15) is 22.7 Å². The minimum Gasteiger partial charge on any atom is -0.497 e. The number of fused-ring (bicyclic) bond motifs is 1. The molecular formula is C19H18O6S. The Kier molecular flexibility index (Phi) is 4.73. The van der Waals surface area contributed by atoms with E-state index in [4.69, 9.17) is 13.9 Å². The normalized spacial score (nSPS) is 11.5. The fourth-order valence-corrected chi connectivity index (χ4v) is 4.13. The van der Waals surface area contributed by atoms with Gasteiger partial charge < -0.3 is 13.9 Å². The molecule has 6 nitrogen and oxygen atoms in total. The molecule has 0 aliphatic heterocycles. The second kappa shape index (κ2) is 6.84. The van der Waals surface area contributed by atoms with Crippen LogP contribution in [0.1, 0.15) is 21.7 Å². The molecule has 0 bridgehead atoms. The molecule has 0 saturated carbocycles. The zero-order valence-electron chi connectivity index (χ0n) is 14.6. The second-order valence-corrected chi connectivity index (χ2v) is 7.78. The molecule has 0 radical (unpaired) electrons. The maximum Gasteiger partial charge on any atom is 0.342 e. The molecule has 0 aliphatic carbocycles. The van der Waals surface area contributed by atoms with Crippen molar-refractivity contribution < 1.29 is 27.1 Å². The number of methoxy groups -OCH3 is 2. The van der Waals surface area contributed by atoms with Gasteiger partial charge in [0.25, 0.3) is 0 Å². The number of hydrogen-bond donors (Lipinski definition) is 0. The van der Waals surface area contributed by atoms with Crippen molar-refractivity contribution in [2.45, 2.75) is 17.6 Å². The molecule has 0 N–H and O–H groups in total. The first-order valence-corrected chi connectivity index (χ1v) is 9.48. The van der Waals surface area contributed by atoms with Crippen LogP contribution in [0.4, 0.5) is 0 Å². The van der Waals surface area contributed by atoms with Gasteiger partial charge in [0.2, 0.25) is 0 Å². The van der Waals surface area contributed by atoms with Crippen molar-refractivity contribution in [1.82, 2.24) is 0 Å². The highest BCUT2D eigenvalue weighted by Gasteiger charge is 2.21. The quantitative estimate of drug-likeness (QED) is 0.636. The molecule has 7 heteroatoms. The van der Waals surface area contributed by atoms with Crippen LogP contribution in [0, 0.1) is 6.92 Å². The van der Waals surface area contributed by atoms with Crippen molar-refractivity contribution in [2.75, 3.05) is 14.2 Å². The average Bonchev–Trinajstić information content (AvgIpc) is 2.96. The van der Waals surface area contributed by atoms with Crippen molar-refractivity contribution in [2.24, 2.45) is 0 Å². The van der Waals surface area contributed by atoms with Crippen LogP contribution >= 0.6 is 0 Å². The maximum absolute atomic E-state index is 12.7. The SMILES string of the molecule is COC(=O)c1c(C)oc2ccc(CS(=O)(=O)c3ccc(OC)cc3)cc12. The van der Waals surface area contributed by atoms with Gasteiger partial charge in [-0.3, -0.25) is 0 Å². The largest absolute Gasteiger partial charge is 0.497 e. The summed E-state index contributed by atoms with van der Waals surface area (Å²) in [7, 11) is -0.733. The number of benzene rings is 2. The van der Waals surface area contributed by atoms with E-state index in [0.717, 1.165) is 0 Å². The molecule has 2 aromatic carbocycles. The first-order chi connectivity index (χ1) is 12.4. The fourth-order valence-electron chi connectivity index (χ4n) is 2.80. The van der Waals surface area contributed by atoms with E-state index in [1.165, 1.54) is 26.4 Å². The molecule has 0 fully saturated rings. The van der Waals surface area contributed by atoms with Gasteiger partial charge in [-0.05, 0) is 48.9 Å². The topological polar surface area (TPSA) is 82.8 Å². The van der Waals surface area contributed by atoms with Crippen molar-refractivity contribution >= 4 is 26.8 Å². The van der Waals surface area contributed by atoms with Gasteiger partial charge in [-0.25, -0.2) is 13.2 Å². The minimum atomic E-state index is -3.54. The van der Waals surface area contributed by atoms with Crippen LogP contribution in [-0.2, 0) is 20.3 Å². The monoisotopic (exact) mass is 374 g/mol. The summed E-state index contributed by atoms with van der Waals surface area (Å²) in [5.74, 6) is 0.306. The summed E-state index contributed by atoms with van der Waals surface area (Å²) in [6.45, 7) is 1.67. The Morgan fingerprint density at radius 2 is 1.77 bits per heavy atom. The van der Waals surface area contributed by atoms with Gasteiger partial charge in [0.15, 0.2) is 9.84 Å². The van der Waals surface area contributed by atoms with Crippen LogP contribution < -0.4 is 4.74 Å². The highest BCUT2D eigenvalue weighted by atomic mass is 32.2. The number of aryl methyl sites for hydroxylation is 1. The molecular weight excluding hydrogens is 356 g/mol.